The minimum absolute atomic E-state index is 0. The lowest BCUT2D eigenvalue weighted by Crippen LogP contribution is -2.28. The molecular formula is C13H17ClF3NO. The van der Waals surface area contributed by atoms with E-state index in [0.29, 0.717) is 5.75 Å². The Labute approximate surface area is 116 Å². The summed E-state index contributed by atoms with van der Waals surface area (Å²) in [7, 11) is 1.41. The SMILES string of the molecule is COc1cc(C(F)(F)F)ccc1[C@H]1CCCNC1.Cl. The van der Waals surface area contributed by atoms with Crippen molar-refractivity contribution in [1.29, 1.82) is 0 Å². The Hall–Kier alpha value is -0.940. The minimum atomic E-state index is -4.32. The maximum atomic E-state index is 12.6. The molecule has 2 rings (SSSR count). The molecule has 19 heavy (non-hydrogen) atoms. The number of halogens is 4. The highest BCUT2D eigenvalue weighted by molar-refractivity contribution is 5.85. The van der Waals surface area contributed by atoms with E-state index in [1.807, 2.05) is 0 Å². The zero-order valence-corrected chi connectivity index (χ0v) is 11.4. The van der Waals surface area contributed by atoms with Gasteiger partial charge in [0.15, 0.2) is 0 Å². The molecule has 0 radical (unpaired) electrons. The van der Waals surface area contributed by atoms with Crippen LogP contribution in [0.4, 0.5) is 13.2 Å². The number of alkyl halides is 3. The molecule has 1 aromatic carbocycles. The topological polar surface area (TPSA) is 21.3 Å². The van der Waals surface area contributed by atoms with Gasteiger partial charge in [0.1, 0.15) is 5.75 Å². The van der Waals surface area contributed by atoms with E-state index < -0.39 is 11.7 Å². The normalized spacial score (nSPS) is 19.7. The molecule has 1 fully saturated rings. The van der Waals surface area contributed by atoms with Gasteiger partial charge in [0.25, 0.3) is 0 Å². The van der Waals surface area contributed by atoms with Crippen molar-refractivity contribution >= 4 is 12.4 Å². The zero-order chi connectivity index (χ0) is 13.2. The van der Waals surface area contributed by atoms with Gasteiger partial charge in [0, 0.05) is 12.5 Å². The van der Waals surface area contributed by atoms with Gasteiger partial charge in [0.2, 0.25) is 0 Å². The van der Waals surface area contributed by atoms with Crippen molar-refractivity contribution in [2.45, 2.75) is 24.9 Å². The summed E-state index contributed by atoms with van der Waals surface area (Å²) in [6.07, 6.45) is -2.31. The smallest absolute Gasteiger partial charge is 0.416 e. The largest absolute Gasteiger partial charge is 0.496 e. The Kier molecular flexibility index (Phi) is 5.50. The molecule has 0 spiro atoms. The molecule has 0 aliphatic carbocycles. The molecule has 1 heterocycles. The van der Waals surface area contributed by atoms with Crippen LogP contribution in [0.1, 0.15) is 29.9 Å². The van der Waals surface area contributed by atoms with Gasteiger partial charge >= 0.3 is 6.18 Å². The second-order valence-corrected chi connectivity index (χ2v) is 4.50. The number of piperidine rings is 1. The second kappa shape index (κ2) is 6.48. The quantitative estimate of drug-likeness (QED) is 0.900. The van der Waals surface area contributed by atoms with Crippen LogP contribution < -0.4 is 10.1 Å². The summed E-state index contributed by atoms with van der Waals surface area (Å²) in [6.45, 7) is 1.77. The van der Waals surface area contributed by atoms with Gasteiger partial charge in [-0.25, -0.2) is 0 Å². The van der Waals surface area contributed by atoms with E-state index >= 15 is 0 Å². The van der Waals surface area contributed by atoms with Crippen molar-refractivity contribution in [3.05, 3.63) is 29.3 Å². The van der Waals surface area contributed by atoms with E-state index in [4.69, 9.17) is 4.74 Å². The molecule has 0 amide bonds. The van der Waals surface area contributed by atoms with Crippen LogP contribution in [0.15, 0.2) is 18.2 Å². The van der Waals surface area contributed by atoms with Crippen LogP contribution in [0.2, 0.25) is 0 Å². The molecule has 6 heteroatoms. The highest BCUT2D eigenvalue weighted by atomic mass is 35.5. The Morgan fingerprint density at radius 2 is 2.05 bits per heavy atom. The minimum Gasteiger partial charge on any atom is -0.496 e. The highest BCUT2D eigenvalue weighted by Gasteiger charge is 2.32. The van der Waals surface area contributed by atoms with Crippen molar-refractivity contribution in [1.82, 2.24) is 5.32 Å². The number of nitrogens with one attached hydrogen (secondary N) is 1. The standard InChI is InChI=1S/C13H16F3NO.ClH/c1-18-12-7-10(13(14,15)16)4-5-11(12)9-3-2-6-17-8-9;/h4-5,7,9,17H,2-3,6,8H2,1H3;1H/t9-;/m0./s1. The van der Waals surface area contributed by atoms with Crippen molar-refractivity contribution in [3.63, 3.8) is 0 Å². The number of benzene rings is 1. The van der Waals surface area contributed by atoms with E-state index in [0.717, 1.165) is 43.6 Å². The van der Waals surface area contributed by atoms with Crippen molar-refractivity contribution < 1.29 is 17.9 Å². The number of ether oxygens (including phenoxy) is 1. The molecule has 1 aromatic rings. The van der Waals surface area contributed by atoms with Crippen LogP contribution in [-0.2, 0) is 6.18 Å². The summed E-state index contributed by atoms with van der Waals surface area (Å²) in [5, 5.41) is 3.25. The van der Waals surface area contributed by atoms with E-state index in [1.54, 1.807) is 6.07 Å². The number of hydrogen-bond acceptors (Lipinski definition) is 2. The first kappa shape index (κ1) is 16.1. The first-order valence-corrected chi connectivity index (χ1v) is 5.98. The predicted molar refractivity (Wildman–Crippen MR) is 70.1 cm³/mol. The van der Waals surface area contributed by atoms with Crippen LogP contribution >= 0.6 is 12.4 Å². The van der Waals surface area contributed by atoms with Crippen molar-refractivity contribution in [3.8, 4) is 5.75 Å². The molecule has 1 aliphatic heterocycles. The first-order valence-electron chi connectivity index (χ1n) is 5.98. The van der Waals surface area contributed by atoms with E-state index in [-0.39, 0.29) is 18.3 Å². The second-order valence-electron chi connectivity index (χ2n) is 4.50. The number of methoxy groups -OCH3 is 1. The summed E-state index contributed by atoms with van der Waals surface area (Å²) < 4.78 is 42.9. The molecular weight excluding hydrogens is 279 g/mol. The van der Waals surface area contributed by atoms with Crippen molar-refractivity contribution in [2.24, 2.45) is 0 Å². The Morgan fingerprint density at radius 3 is 2.58 bits per heavy atom. The van der Waals surface area contributed by atoms with Gasteiger partial charge in [-0.3, -0.25) is 0 Å². The zero-order valence-electron chi connectivity index (χ0n) is 10.6. The molecule has 0 bridgehead atoms. The molecule has 1 atom stereocenters. The van der Waals surface area contributed by atoms with Crippen LogP contribution in [0.3, 0.4) is 0 Å². The summed E-state index contributed by atoms with van der Waals surface area (Å²) >= 11 is 0. The third-order valence-corrected chi connectivity index (χ3v) is 3.30. The summed E-state index contributed by atoms with van der Waals surface area (Å²) in [5.74, 6) is 0.564. The van der Waals surface area contributed by atoms with Gasteiger partial charge in [-0.1, -0.05) is 6.07 Å². The molecule has 0 aromatic heterocycles. The molecule has 0 saturated carbocycles. The first-order chi connectivity index (χ1) is 8.52. The average molecular weight is 296 g/mol. The maximum Gasteiger partial charge on any atom is 0.416 e. The average Bonchev–Trinajstić information content (AvgIpc) is 2.38. The molecule has 2 nitrogen and oxygen atoms in total. The molecule has 108 valence electrons. The van der Waals surface area contributed by atoms with Crippen LogP contribution in [-0.4, -0.2) is 20.2 Å². The Balaban J connectivity index is 0.00000180. The maximum absolute atomic E-state index is 12.6. The fraction of sp³-hybridized carbons (Fsp3) is 0.538. The fourth-order valence-electron chi connectivity index (χ4n) is 2.34. The summed E-state index contributed by atoms with van der Waals surface area (Å²) in [6, 6.07) is 3.76. The predicted octanol–water partition coefficient (Wildman–Crippen LogP) is 3.60. The van der Waals surface area contributed by atoms with Crippen LogP contribution in [0, 0.1) is 0 Å². The third-order valence-electron chi connectivity index (χ3n) is 3.30. The lowest BCUT2D eigenvalue weighted by atomic mass is 9.90. The van der Waals surface area contributed by atoms with Gasteiger partial charge < -0.3 is 10.1 Å². The summed E-state index contributed by atoms with van der Waals surface area (Å²) in [4.78, 5) is 0. The third kappa shape index (κ3) is 3.76. The fourth-order valence-corrected chi connectivity index (χ4v) is 2.34. The highest BCUT2D eigenvalue weighted by Crippen LogP contribution is 2.37. The molecule has 0 unspecified atom stereocenters. The van der Waals surface area contributed by atoms with E-state index in [1.165, 1.54) is 7.11 Å². The van der Waals surface area contributed by atoms with Gasteiger partial charge in [0.05, 0.1) is 12.7 Å². The van der Waals surface area contributed by atoms with Crippen LogP contribution in [0.5, 0.6) is 5.75 Å². The lowest BCUT2D eigenvalue weighted by Gasteiger charge is -2.25. The van der Waals surface area contributed by atoms with E-state index in [9.17, 15) is 13.2 Å². The number of rotatable bonds is 2. The molecule has 1 saturated heterocycles. The lowest BCUT2D eigenvalue weighted by molar-refractivity contribution is -0.137. The monoisotopic (exact) mass is 295 g/mol. The van der Waals surface area contributed by atoms with Gasteiger partial charge in [-0.05, 0) is 37.1 Å². The van der Waals surface area contributed by atoms with Crippen LogP contribution in [0.25, 0.3) is 0 Å². The van der Waals surface area contributed by atoms with E-state index in [2.05, 4.69) is 5.32 Å². The van der Waals surface area contributed by atoms with Crippen molar-refractivity contribution in [2.75, 3.05) is 20.2 Å². The number of hydrogen-bond donors (Lipinski definition) is 1. The van der Waals surface area contributed by atoms with Gasteiger partial charge in [-0.2, -0.15) is 13.2 Å². The molecule has 1 N–H and O–H groups in total. The molecule has 1 aliphatic rings. The Morgan fingerprint density at radius 1 is 1.32 bits per heavy atom. The Bertz CT molecular complexity index is 417. The van der Waals surface area contributed by atoms with Gasteiger partial charge in [-0.15, -0.1) is 12.4 Å². The summed E-state index contributed by atoms with van der Waals surface area (Å²) in [5.41, 5.74) is 0.199.